The lowest BCUT2D eigenvalue weighted by Gasteiger charge is -2.35. The van der Waals surface area contributed by atoms with Gasteiger partial charge in [0.2, 0.25) is 23.6 Å². The van der Waals surface area contributed by atoms with E-state index in [0.29, 0.717) is 43.4 Å². The number of unbranched alkanes of at least 4 members (excludes halogenated alkanes) is 2. The van der Waals surface area contributed by atoms with E-state index >= 15 is 0 Å². The van der Waals surface area contributed by atoms with Gasteiger partial charge < -0.3 is 21.7 Å². The van der Waals surface area contributed by atoms with Crippen molar-refractivity contribution in [2.75, 3.05) is 19.6 Å². The number of nitrogens with two attached hydrogens (primary N) is 1. The topological polar surface area (TPSA) is 134 Å². The number of alkyl halides is 3. The first-order valence-corrected chi connectivity index (χ1v) is 17.7. The predicted octanol–water partition coefficient (Wildman–Crippen LogP) is 5.11. The molecule has 1 aliphatic carbocycles. The van der Waals surface area contributed by atoms with Gasteiger partial charge in [-0.25, -0.2) is 0 Å². The summed E-state index contributed by atoms with van der Waals surface area (Å²) >= 11 is 0. The third-order valence-corrected chi connectivity index (χ3v) is 9.89. The van der Waals surface area contributed by atoms with E-state index in [1.54, 1.807) is 24.3 Å². The lowest BCUT2D eigenvalue weighted by Crippen LogP contribution is -2.55. The number of hydrogen-bond donors (Lipinski definition) is 4. The van der Waals surface area contributed by atoms with Crippen LogP contribution in [0.3, 0.4) is 0 Å². The van der Waals surface area contributed by atoms with Crippen LogP contribution in [0.5, 0.6) is 0 Å². The van der Waals surface area contributed by atoms with Crippen molar-refractivity contribution in [3.8, 4) is 11.1 Å². The fourth-order valence-electron chi connectivity index (χ4n) is 7.43. The van der Waals surface area contributed by atoms with E-state index < -0.39 is 47.9 Å². The second-order valence-electron chi connectivity index (χ2n) is 13.4. The number of primary amides is 1. The molecule has 1 saturated heterocycles. The van der Waals surface area contributed by atoms with Crippen molar-refractivity contribution < 1.29 is 32.3 Å². The van der Waals surface area contributed by atoms with Gasteiger partial charge in [-0.15, -0.1) is 0 Å². The van der Waals surface area contributed by atoms with E-state index in [0.717, 1.165) is 36.1 Å². The number of carbonyl (C=O) groups excluding carboxylic acids is 4. The average Bonchev–Trinajstić information content (AvgIpc) is 3.41. The summed E-state index contributed by atoms with van der Waals surface area (Å²) in [6.45, 7) is 0.210. The van der Waals surface area contributed by atoms with Gasteiger partial charge in [0.05, 0.1) is 6.04 Å². The number of fused-ring (bicyclic) bond motifs is 3. The molecule has 4 amide bonds. The van der Waals surface area contributed by atoms with Crippen LogP contribution in [0.4, 0.5) is 13.2 Å². The number of nitrogens with one attached hydrogen (secondary N) is 3. The third kappa shape index (κ3) is 9.35. The normalized spacial score (nSPS) is 17.1. The quantitative estimate of drug-likeness (QED) is 0.154. The lowest BCUT2D eigenvalue weighted by atomic mass is 9.73. The van der Waals surface area contributed by atoms with E-state index in [2.05, 4.69) is 20.9 Å². The minimum Gasteiger partial charge on any atom is -0.370 e. The summed E-state index contributed by atoms with van der Waals surface area (Å²) in [6, 6.07) is 23.2. The SMILES string of the molecule is NC(=O)CCC(NC(=O)C1CCCCN1Cc1ccccc1)C(=O)NCCCCCC1(C(=O)NCC(F)(F)F)c2ccccc2-c2ccccc21. The van der Waals surface area contributed by atoms with Crippen molar-refractivity contribution in [2.45, 2.75) is 88.0 Å². The molecule has 5 rings (SSSR count). The highest BCUT2D eigenvalue weighted by Crippen LogP contribution is 2.51. The Morgan fingerprint density at radius 2 is 1.49 bits per heavy atom. The largest absolute Gasteiger partial charge is 0.405 e. The Hall–Kier alpha value is -4.71. The summed E-state index contributed by atoms with van der Waals surface area (Å²) in [5, 5.41) is 7.90. The van der Waals surface area contributed by atoms with Gasteiger partial charge in [0.25, 0.3) is 0 Å². The maximum Gasteiger partial charge on any atom is 0.405 e. The fraction of sp³-hybridized carbons (Fsp3) is 0.436. The molecule has 1 aliphatic heterocycles. The molecule has 5 N–H and O–H groups in total. The van der Waals surface area contributed by atoms with Crippen molar-refractivity contribution >= 4 is 23.6 Å². The number of benzene rings is 3. The van der Waals surface area contributed by atoms with Gasteiger partial charge >= 0.3 is 6.18 Å². The summed E-state index contributed by atoms with van der Waals surface area (Å²) in [4.78, 5) is 54.3. The first-order chi connectivity index (χ1) is 24.5. The number of carbonyl (C=O) groups is 4. The molecule has 0 aromatic heterocycles. The molecule has 51 heavy (non-hydrogen) atoms. The van der Waals surface area contributed by atoms with Crippen molar-refractivity contribution in [3.63, 3.8) is 0 Å². The van der Waals surface area contributed by atoms with Crippen LogP contribution >= 0.6 is 0 Å². The molecule has 2 unspecified atom stereocenters. The Labute approximate surface area is 296 Å². The third-order valence-electron chi connectivity index (χ3n) is 9.89. The predicted molar refractivity (Wildman–Crippen MR) is 188 cm³/mol. The molecule has 1 heterocycles. The molecule has 0 radical (unpaired) electrons. The Morgan fingerprint density at radius 1 is 0.843 bits per heavy atom. The summed E-state index contributed by atoms with van der Waals surface area (Å²) in [5.74, 6) is -1.95. The zero-order valence-electron chi connectivity index (χ0n) is 28.6. The number of halogens is 3. The molecule has 1 fully saturated rings. The number of likely N-dealkylation sites (tertiary alicyclic amines) is 1. The fourth-order valence-corrected chi connectivity index (χ4v) is 7.43. The van der Waals surface area contributed by atoms with Gasteiger partial charge in [-0.2, -0.15) is 13.2 Å². The Bertz CT molecular complexity index is 1640. The zero-order chi connectivity index (χ0) is 36.4. The van der Waals surface area contributed by atoms with Crippen LogP contribution in [0, 0.1) is 0 Å². The number of nitrogens with zero attached hydrogens (tertiary/aromatic N) is 1. The maximum absolute atomic E-state index is 13.7. The molecule has 3 aromatic carbocycles. The monoisotopic (exact) mass is 705 g/mol. The molecule has 0 saturated carbocycles. The first-order valence-electron chi connectivity index (χ1n) is 17.7. The molecule has 3 aromatic rings. The summed E-state index contributed by atoms with van der Waals surface area (Å²) in [6.07, 6.45) is -0.162. The highest BCUT2D eigenvalue weighted by atomic mass is 19.4. The minimum absolute atomic E-state index is 0.0622. The minimum atomic E-state index is -4.56. The van der Waals surface area contributed by atoms with Gasteiger partial charge in [-0.3, -0.25) is 24.1 Å². The molecular weight excluding hydrogens is 659 g/mol. The van der Waals surface area contributed by atoms with E-state index in [1.165, 1.54) is 0 Å². The lowest BCUT2D eigenvalue weighted by molar-refractivity contribution is -0.141. The van der Waals surface area contributed by atoms with Crippen LogP contribution in [0.2, 0.25) is 0 Å². The highest BCUT2D eigenvalue weighted by Gasteiger charge is 2.49. The molecule has 2 atom stereocenters. The summed E-state index contributed by atoms with van der Waals surface area (Å²) < 4.78 is 39.6. The molecule has 0 spiro atoms. The van der Waals surface area contributed by atoms with Crippen LogP contribution in [0.15, 0.2) is 78.9 Å². The molecule has 9 nitrogen and oxygen atoms in total. The van der Waals surface area contributed by atoms with Crippen LogP contribution in [0.1, 0.15) is 74.5 Å². The number of amides is 4. The Morgan fingerprint density at radius 3 is 2.14 bits per heavy atom. The molecule has 12 heteroatoms. The van der Waals surface area contributed by atoms with Gasteiger partial charge in [-0.05, 0) is 66.5 Å². The second-order valence-corrected chi connectivity index (χ2v) is 13.4. The van der Waals surface area contributed by atoms with E-state index in [4.69, 9.17) is 5.73 Å². The van der Waals surface area contributed by atoms with Crippen LogP contribution in [-0.2, 0) is 31.1 Å². The molecule has 2 aliphatic rings. The van der Waals surface area contributed by atoms with E-state index in [9.17, 15) is 32.3 Å². The molecule has 272 valence electrons. The molecular formula is C39H46F3N5O4. The van der Waals surface area contributed by atoms with Crippen molar-refractivity contribution in [3.05, 3.63) is 95.6 Å². The smallest absolute Gasteiger partial charge is 0.370 e. The van der Waals surface area contributed by atoms with Gasteiger partial charge in [0.15, 0.2) is 0 Å². The first kappa shape index (κ1) is 37.5. The van der Waals surface area contributed by atoms with Gasteiger partial charge in [0, 0.05) is 19.5 Å². The number of piperidine rings is 1. The number of hydrogen-bond acceptors (Lipinski definition) is 5. The summed E-state index contributed by atoms with van der Waals surface area (Å²) in [5.41, 5.74) is 8.18. The van der Waals surface area contributed by atoms with Gasteiger partial charge in [-0.1, -0.05) is 98.1 Å². The van der Waals surface area contributed by atoms with Crippen LogP contribution in [-0.4, -0.2) is 66.4 Å². The number of rotatable bonds is 16. The van der Waals surface area contributed by atoms with Crippen molar-refractivity contribution in [1.82, 2.24) is 20.9 Å². The van der Waals surface area contributed by atoms with Crippen LogP contribution in [0.25, 0.3) is 11.1 Å². The van der Waals surface area contributed by atoms with Gasteiger partial charge in [0.1, 0.15) is 18.0 Å². The second kappa shape index (κ2) is 17.0. The zero-order valence-corrected chi connectivity index (χ0v) is 28.6. The van der Waals surface area contributed by atoms with Crippen LogP contribution < -0.4 is 21.7 Å². The van der Waals surface area contributed by atoms with Crippen molar-refractivity contribution in [2.24, 2.45) is 5.73 Å². The Kier molecular flexibility index (Phi) is 12.5. The highest BCUT2D eigenvalue weighted by molar-refractivity contribution is 6.00. The van der Waals surface area contributed by atoms with E-state index in [1.807, 2.05) is 54.6 Å². The average molecular weight is 706 g/mol. The van der Waals surface area contributed by atoms with Crippen molar-refractivity contribution in [1.29, 1.82) is 0 Å². The van der Waals surface area contributed by atoms with E-state index in [-0.39, 0.29) is 31.7 Å². The standard InChI is InChI=1S/C39H46F3N5O4/c40-39(41,42)26-45-37(51)38(30-17-7-5-15-28(30)29-16-6-8-18-31(29)38)22-10-2-11-23-44-35(49)32(20-21-34(43)48)46-36(50)33-19-9-12-24-47(33)25-27-13-3-1-4-14-27/h1,3-8,13-18,32-33H,2,9-12,19-26H2,(H2,43,48)(H,44,49)(H,45,51)(H,46,50). The maximum atomic E-state index is 13.7. The summed E-state index contributed by atoms with van der Waals surface area (Å²) in [7, 11) is 0. The Balaban J connectivity index is 1.19. The molecule has 0 bridgehead atoms.